The Morgan fingerprint density at radius 2 is 1.73 bits per heavy atom. The van der Waals surface area contributed by atoms with Gasteiger partial charge in [0.25, 0.3) is 0 Å². The number of amides is 1. The number of methoxy groups -OCH3 is 1. The van der Waals surface area contributed by atoms with E-state index in [9.17, 15) is 13.2 Å². The molecule has 0 aromatic heterocycles. The van der Waals surface area contributed by atoms with E-state index >= 15 is 4.39 Å². The molecule has 10 heteroatoms. The molecule has 0 bridgehead atoms. The summed E-state index contributed by atoms with van der Waals surface area (Å²) in [5, 5.41) is 0. The summed E-state index contributed by atoms with van der Waals surface area (Å²) in [5.74, 6) is -0.484. The molecule has 8 nitrogen and oxygen atoms in total. The van der Waals surface area contributed by atoms with Crippen LogP contribution < -0.4 is 9.21 Å². The highest BCUT2D eigenvalue weighted by atomic mass is 32.2. The number of anilines is 2. The molecule has 2 heterocycles. The number of nitrogens with zero attached hydrogens (tertiary/aromatic N) is 4. The summed E-state index contributed by atoms with van der Waals surface area (Å²) in [5.41, 5.74) is 1.93. The number of piperazine rings is 1. The number of rotatable bonds is 5. The zero-order valence-corrected chi connectivity index (χ0v) is 19.7. The molecule has 178 valence electrons. The maximum absolute atomic E-state index is 15.1. The second-order valence-electron chi connectivity index (χ2n) is 8.12. The predicted octanol–water partition coefficient (Wildman–Crippen LogP) is 3.23. The van der Waals surface area contributed by atoms with Crippen molar-refractivity contribution in [1.82, 2.24) is 9.21 Å². The van der Waals surface area contributed by atoms with E-state index in [0.29, 0.717) is 29.1 Å². The Balaban J connectivity index is 1.45. The summed E-state index contributed by atoms with van der Waals surface area (Å²) >= 11 is 0. The van der Waals surface area contributed by atoms with Crippen molar-refractivity contribution in [3.05, 3.63) is 59.9 Å². The van der Waals surface area contributed by atoms with E-state index in [-0.39, 0.29) is 18.8 Å². The number of ether oxygens (including phenoxy) is 1. The lowest BCUT2D eigenvalue weighted by molar-refractivity contribution is 0.152. The van der Waals surface area contributed by atoms with Crippen molar-refractivity contribution < 1.29 is 22.3 Å². The van der Waals surface area contributed by atoms with Gasteiger partial charge in [-0.25, -0.2) is 9.18 Å². The monoisotopic (exact) mass is 476 g/mol. The maximum atomic E-state index is 15.1. The third-order valence-electron chi connectivity index (χ3n) is 6.33. The van der Waals surface area contributed by atoms with Crippen LogP contribution in [0, 0.1) is 5.82 Å². The fourth-order valence-electron chi connectivity index (χ4n) is 4.64. The number of benzene rings is 2. The second kappa shape index (κ2) is 9.56. The SMILES string of the molecule is CCC(c1ccccc1)N1CCN(c2ccc(N3CCN(C(=O)OC)S3(=O)=O)cc2F)CC1. The first-order chi connectivity index (χ1) is 15.9. The van der Waals surface area contributed by atoms with Gasteiger partial charge in [0.2, 0.25) is 0 Å². The van der Waals surface area contributed by atoms with Crippen LogP contribution in [-0.2, 0) is 14.9 Å². The third-order valence-corrected chi connectivity index (χ3v) is 8.17. The normalized spacial score (nSPS) is 19.5. The van der Waals surface area contributed by atoms with Crippen LogP contribution in [0.3, 0.4) is 0 Å². The van der Waals surface area contributed by atoms with Gasteiger partial charge in [-0.1, -0.05) is 37.3 Å². The molecule has 0 N–H and O–H groups in total. The van der Waals surface area contributed by atoms with Gasteiger partial charge in [-0.2, -0.15) is 12.7 Å². The Bertz CT molecular complexity index is 1090. The number of carbonyl (C=O) groups excluding carboxylic acids is 1. The van der Waals surface area contributed by atoms with Crippen LogP contribution in [0.5, 0.6) is 0 Å². The Hall–Kier alpha value is -2.85. The van der Waals surface area contributed by atoms with Gasteiger partial charge in [-0.15, -0.1) is 0 Å². The largest absolute Gasteiger partial charge is 0.452 e. The molecule has 2 aliphatic rings. The lowest BCUT2D eigenvalue weighted by Gasteiger charge is -2.40. The highest BCUT2D eigenvalue weighted by Gasteiger charge is 2.41. The van der Waals surface area contributed by atoms with Crippen LogP contribution in [0.1, 0.15) is 24.9 Å². The maximum Gasteiger partial charge on any atom is 0.424 e. The minimum absolute atomic E-state index is 0.0413. The number of hydrogen-bond acceptors (Lipinski definition) is 6. The molecule has 2 aromatic carbocycles. The second-order valence-corrected chi connectivity index (χ2v) is 9.89. The summed E-state index contributed by atoms with van der Waals surface area (Å²) in [4.78, 5) is 16.2. The summed E-state index contributed by atoms with van der Waals surface area (Å²) in [6.45, 7) is 5.16. The molecule has 1 unspecified atom stereocenters. The molecule has 0 spiro atoms. The van der Waals surface area contributed by atoms with Crippen molar-refractivity contribution in [1.29, 1.82) is 0 Å². The zero-order valence-electron chi connectivity index (χ0n) is 18.9. The van der Waals surface area contributed by atoms with E-state index in [4.69, 9.17) is 0 Å². The van der Waals surface area contributed by atoms with E-state index in [1.807, 2.05) is 11.0 Å². The van der Waals surface area contributed by atoms with E-state index in [2.05, 4.69) is 40.8 Å². The first-order valence-electron chi connectivity index (χ1n) is 11.1. The van der Waals surface area contributed by atoms with Gasteiger partial charge in [0, 0.05) is 38.3 Å². The Morgan fingerprint density at radius 3 is 2.33 bits per heavy atom. The first kappa shape index (κ1) is 23.3. The van der Waals surface area contributed by atoms with E-state index < -0.39 is 22.1 Å². The average molecular weight is 477 g/mol. The van der Waals surface area contributed by atoms with Crippen molar-refractivity contribution in [3.8, 4) is 0 Å². The fraction of sp³-hybridized carbons (Fsp3) is 0.435. The number of carbonyl (C=O) groups is 1. The van der Waals surface area contributed by atoms with Crippen LogP contribution in [-0.4, -0.2) is 70.1 Å². The molecular weight excluding hydrogens is 447 g/mol. The Kier molecular flexibility index (Phi) is 6.76. The summed E-state index contributed by atoms with van der Waals surface area (Å²) in [6, 6.07) is 15.2. The van der Waals surface area contributed by atoms with Crippen molar-refractivity contribution in [2.75, 3.05) is 55.6 Å². The van der Waals surface area contributed by atoms with Crippen molar-refractivity contribution in [2.24, 2.45) is 0 Å². The molecule has 0 radical (unpaired) electrons. The van der Waals surface area contributed by atoms with E-state index in [1.165, 1.54) is 11.6 Å². The minimum Gasteiger partial charge on any atom is -0.452 e. The highest BCUT2D eigenvalue weighted by molar-refractivity contribution is 7.91. The molecule has 1 amide bonds. The number of halogens is 1. The van der Waals surface area contributed by atoms with Crippen LogP contribution >= 0.6 is 0 Å². The first-order valence-corrected chi connectivity index (χ1v) is 12.5. The van der Waals surface area contributed by atoms with Crippen molar-refractivity contribution in [2.45, 2.75) is 19.4 Å². The quantitative estimate of drug-likeness (QED) is 0.660. The lowest BCUT2D eigenvalue weighted by atomic mass is 10.0. The van der Waals surface area contributed by atoms with Gasteiger partial charge in [0.1, 0.15) is 5.82 Å². The molecule has 2 saturated heterocycles. The van der Waals surface area contributed by atoms with Gasteiger partial charge in [0.15, 0.2) is 0 Å². The molecule has 1 atom stereocenters. The van der Waals surface area contributed by atoms with Gasteiger partial charge >= 0.3 is 16.3 Å². The van der Waals surface area contributed by atoms with E-state index in [0.717, 1.165) is 30.9 Å². The average Bonchev–Trinajstić information content (AvgIpc) is 3.15. The molecule has 2 fully saturated rings. The Morgan fingerprint density at radius 1 is 1.03 bits per heavy atom. The topological polar surface area (TPSA) is 73.4 Å². The van der Waals surface area contributed by atoms with E-state index in [1.54, 1.807) is 12.1 Å². The molecule has 2 aliphatic heterocycles. The highest BCUT2D eigenvalue weighted by Crippen LogP contribution is 2.32. The standard InChI is InChI=1S/C23H29FN4O4S/c1-3-21(18-7-5-4-6-8-18)25-11-13-26(14-12-25)22-10-9-19(17-20(22)24)27-15-16-28(23(29)32-2)33(27,30)31/h4-10,17,21H,3,11-16H2,1-2H3. The minimum atomic E-state index is -4.09. The van der Waals surface area contributed by atoms with Gasteiger partial charge in [-0.3, -0.25) is 9.21 Å². The summed E-state index contributed by atoms with van der Waals surface area (Å²) < 4.78 is 46.6. The predicted molar refractivity (Wildman–Crippen MR) is 125 cm³/mol. The summed E-state index contributed by atoms with van der Waals surface area (Å²) in [6.07, 6.45) is 0.0494. The molecule has 2 aromatic rings. The molecule has 0 aliphatic carbocycles. The third kappa shape index (κ3) is 4.49. The number of hydrogen-bond donors (Lipinski definition) is 0. The van der Waals surface area contributed by atoms with Crippen LogP contribution in [0.2, 0.25) is 0 Å². The van der Waals surface area contributed by atoms with Crippen molar-refractivity contribution >= 4 is 27.7 Å². The Labute approximate surface area is 194 Å². The zero-order chi connectivity index (χ0) is 23.6. The van der Waals surface area contributed by atoms with Gasteiger partial charge in [0.05, 0.1) is 31.6 Å². The van der Waals surface area contributed by atoms with Crippen LogP contribution in [0.15, 0.2) is 48.5 Å². The molecule has 33 heavy (non-hydrogen) atoms. The molecule has 4 rings (SSSR count). The molecular formula is C23H29FN4O4S. The van der Waals surface area contributed by atoms with Gasteiger partial charge < -0.3 is 9.64 Å². The van der Waals surface area contributed by atoms with Crippen LogP contribution in [0.4, 0.5) is 20.6 Å². The van der Waals surface area contributed by atoms with Crippen molar-refractivity contribution in [3.63, 3.8) is 0 Å². The fourth-order valence-corrected chi connectivity index (χ4v) is 6.15. The van der Waals surface area contributed by atoms with Crippen LogP contribution in [0.25, 0.3) is 0 Å². The lowest BCUT2D eigenvalue weighted by Crippen LogP contribution is -2.47. The van der Waals surface area contributed by atoms with Gasteiger partial charge in [-0.05, 0) is 24.1 Å². The smallest absolute Gasteiger partial charge is 0.424 e. The molecule has 0 saturated carbocycles. The summed E-state index contributed by atoms with van der Waals surface area (Å²) in [7, 11) is -2.97.